The van der Waals surface area contributed by atoms with E-state index in [0.29, 0.717) is 22.5 Å². The van der Waals surface area contributed by atoms with Gasteiger partial charge in [0.15, 0.2) is 22.9 Å². The summed E-state index contributed by atoms with van der Waals surface area (Å²) in [7, 11) is 0. The molecule has 6 aromatic rings. The van der Waals surface area contributed by atoms with Gasteiger partial charge in [-0.1, -0.05) is 48.5 Å². The van der Waals surface area contributed by atoms with Crippen LogP contribution in [0.3, 0.4) is 0 Å². The lowest BCUT2D eigenvalue weighted by Crippen LogP contribution is -2.46. The first-order chi connectivity index (χ1) is 31.5. The number of aryl methyl sites for hydroxylation is 2. The zero-order valence-electron chi connectivity index (χ0n) is 40.3. The molecule has 0 aliphatic carbocycles. The van der Waals surface area contributed by atoms with E-state index >= 15 is 0 Å². The zero-order chi connectivity index (χ0) is 48.4. The highest BCUT2D eigenvalue weighted by Gasteiger charge is 2.27. The summed E-state index contributed by atoms with van der Waals surface area (Å²) in [6.07, 6.45) is 3.39. The Morgan fingerprint density at radius 1 is 0.642 bits per heavy atom. The smallest absolute Gasteiger partial charge is 0.407 e. The van der Waals surface area contributed by atoms with Crippen molar-refractivity contribution < 1.29 is 29.3 Å². The summed E-state index contributed by atoms with van der Waals surface area (Å²) in [5.41, 5.74) is 11.0. The number of anilines is 2. The lowest BCUT2D eigenvalue weighted by Gasteiger charge is -2.34. The number of carbonyl (C=O) groups is 3. The van der Waals surface area contributed by atoms with E-state index in [1.165, 1.54) is 0 Å². The summed E-state index contributed by atoms with van der Waals surface area (Å²) in [5.74, 6) is 1.80. The minimum absolute atomic E-state index is 0.00278. The molecule has 1 amide bonds. The second-order valence-corrected chi connectivity index (χ2v) is 20.0. The van der Waals surface area contributed by atoms with Crippen molar-refractivity contribution in [3.05, 3.63) is 118 Å². The fourth-order valence-corrected chi connectivity index (χ4v) is 8.40. The van der Waals surface area contributed by atoms with Crippen LogP contribution >= 0.6 is 0 Å². The number of fused-ring (bicyclic) bond motifs is 2. The van der Waals surface area contributed by atoms with Crippen LogP contribution in [0.25, 0.3) is 11.3 Å². The van der Waals surface area contributed by atoms with Crippen LogP contribution < -0.4 is 20.9 Å². The zero-order valence-corrected chi connectivity index (χ0v) is 40.3. The fourth-order valence-electron chi connectivity index (χ4n) is 8.40. The van der Waals surface area contributed by atoms with E-state index in [1.54, 1.807) is 76.2 Å². The van der Waals surface area contributed by atoms with Gasteiger partial charge in [0.1, 0.15) is 17.2 Å². The summed E-state index contributed by atoms with van der Waals surface area (Å²) in [4.78, 5) is 52.0. The molecule has 67 heavy (non-hydrogen) atoms. The van der Waals surface area contributed by atoms with Crippen molar-refractivity contribution in [1.29, 1.82) is 0 Å². The minimum atomic E-state index is -0.960. The highest BCUT2D eigenvalue weighted by molar-refractivity contribution is 5.98. The number of rotatable bonds is 11. The number of piperidine rings is 2. The number of nitrogens with one attached hydrogen (secondary N) is 1. The number of ketones is 2. The van der Waals surface area contributed by atoms with Crippen molar-refractivity contribution in [3.8, 4) is 0 Å². The van der Waals surface area contributed by atoms with Gasteiger partial charge in [0.2, 0.25) is 0 Å². The van der Waals surface area contributed by atoms with E-state index in [1.807, 2.05) is 67.9 Å². The number of nitrogens with two attached hydrogens (primary N) is 1. The van der Waals surface area contributed by atoms with Gasteiger partial charge in [0.05, 0.1) is 46.8 Å². The maximum Gasteiger partial charge on any atom is 0.407 e. The lowest BCUT2D eigenvalue weighted by molar-refractivity contribution is 0.0496. The van der Waals surface area contributed by atoms with Gasteiger partial charge in [0, 0.05) is 73.7 Å². The predicted octanol–water partition coefficient (Wildman–Crippen LogP) is 6.80. The Morgan fingerprint density at radius 2 is 1.03 bits per heavy atom. The topological polar surface area (TPSA) is 206 Å². The van der Waals surface area contributed by atoms with E-state index in [4.69, 9.17) is 15.5 Å². The first-order valence-corrected chi connectivity index (χ1v) is 23.2. The molecule has 0 bridgehead atoms. The number of carbonyl (C=O) groups excluding carboxylic acids is 3. The minimum Gasteiger partial charge on any atom is -0.444 e. The largest absolute Gasteiger partial charge is 0.444 e. The number of hydrogen-bond acceptors (Lipinski definition) is 13. The molecule has 16 nitrogen and oxygen atoms in total. The van der Waals surface area contributed by atoms with Gasteiger partial charge in [-0.2, -0.15) is 19.2 Å². The number of alkyl carbamates (subject to hydrolysis) is 1. The second kappa shape index (κ2) is 19.5. The van der Waals surface area contributed by atoms with Crippen LogP contribution in [0.15, 0.2) is 72.8 Å². The van der Waals surface area contributed by atoms with Crippen LogP contribution in [0.2, 0.25) is 0 Å². The van der Waals surface area contributed by atoms with Gasteiger partial charge in [-0.3, -0.25) is 9.59 Å². The van der Waals surface area contributed by atoms with Gasteiger partial charge >= 0.3 is 6.09 Å². The van der Waals surface area contributed by atoms with Gasteiger partial charge < -0.3 is 35.8 Å². The van der Waals surface area contributed by atoms with Gasteiger partial charge in [0.25, 0.3) is 0 Å². The van der Waals surface area contributed by atoms with Crippen molar-refractivity contribution in [2.45, 2.75) is 130 Å². The second-order valence-electron chi connectivity index (χ2n) is 20.0. The normalized spacial score (nSPS) is 15.4. The molecule has 4 aromatic heterocycles. The highest BCUT2D eigenvalue weighted by Crippen LogP contribution is 2.27. The summed E-state index contributed by atoms with van der Waals surface area (Å²) >= 11 is 0. The van der Waals surface area contributed by atoms with Crippen LogP contribution in [0.1, 0.15) is 129 Å². The average Bonchev–Trinajstić information content (AvgIpc) is 3.83. The molecule has 2 aromatic carbocycles. The van der Waals surface area contributed by atoms with Gasteiger partial charge in [-0.05, 0) is 99.1 Å². The Hall–Kier alpha value is -6.23. The van der Waals surface area contributed by atoms with Crippen LogP contribution in [-0.4, -0.2) is 101 Å². The van der Waals surface area contributed by atoms with Crippen molar-refractivity contribution in [1.82, 2.24) is 34.5 Å². The Kier molecular flexibility index (Phi) is 14.2. The highest BCUT2D eigenvalue weighted by atomic mass is 16.6. The average molecular weight is 915 g/mol. The predicted molar refractivity (Wildman–Crippen MR) is 259 cm³/mol. The Morgan fingerprint density at radius 3 is 1.40 bits per heavy atom. The number of Topliss-reactive ketones (excluding diaryl/α,β-unsaturated/α-hetero) is 2. The molecule has 0 radical (unpaired) electrons. The first kappa shape index (κ1) is 48.7. The molecule has 5 N–H and O–H groups in total. The number of ether oxygens (including phenoxy) is 1. The molecule has 8 rings (SSSR count). The fraction of sp³-hybridized carbons (Fsp3) is 0.471. The quantitative estimate of drug-likeness (QED) is 0.0989. The number of benzene rings is 2. The summed E-state index contributed by atoms with van der Waals surface area (Å²) in [5, 5.41) is 32.5. The van der Waals surface area contributed by atoms with Crippen molar-refractivity contribution in [2.75, 3.05) is 36.0 Å². The monoisotopic (exact) mass is 915 g/mol. The number of aliphatic hydroxyl groups is 2. The van der Waals surface area contributed by atoms with E-state index in [2.05, 4.69) is 30.3 Å². The van der Waals surface area contributed by atoms with Gasteiger partial charge in [-0.25, -0.2) is 14.8 Å². The van der Waals surface area contributed by atoms with Crippen LogP contribution in [0.5, 0.6) is 0 Å². The summed E-state index contributed by atoms with van der Waals surface area (Å²) in [6.45, 7) is 19.5. The maximum absolute atomic E-state index is 13.1. The van der Waals surface area contributed by atoms with Crippen LogP contribution in [0.4, 0.5) is 16.4 Å². The molecule has 6 heterocycles. The molecular weight excluding hydrogens is 849 g/mol. The van der Waals surface area contributed by atoms with Crippen molar-refractivity contribution in [2.24, 2.45) is 5.73 Å². The molecule has 2 fully saturated rings. The Labute approximate surface area is 392 Å². The molecule has 2 aliphatic rings. The van der Waals surface area contributed by atoms with Crippen molar-refractivity contribution >= 4 is 40.6 Å². The van der Waals surface area contributed by atoms with Gasteiger partial charge in [-0.15, -0.1) is 0 Å². The van der Waals surface area contributed by atoms with Crippen LogP contribution in [0, 0.1) is 13.8 Å². The Bertz CT molecular complexity index is 2710. The molecule has 356 valence electrons. The molecule has 0 atom stereocenters. The maximum atomic E-state index is 13.1. The third-order valence-electron chi connectivity index (χ3n) is 12.1. The standard InChI is InChI=1S/C28H37N5O4.C23H29N5O2/c1-18-15-24-29-22(16-23(34)19-7-9-20(10-8-19)28(5,6)36)17-25(33(24)31-18)32-13-11-21(12-14-32)30-26(35)37-27(2,3)4;1-15-12-21-25-19(13-20(29)16-4-6-17(7-5-16)23(2,3)30)14-22(28(21)26-15)27-10-8-18(24)9-11-27/h7-10,15,17,21,36H,11-14,16H2,1-6H3,(H,30,35);4-7,12,14,18,30H,8-11,13,24H2,1-3H3. The number of amides is 1. The molecule has 0 saturated carbocycles. The Balaban J connectivity index is 0.000000203. The lowest BCUT2D eigenvalue weighted by atomic mass is 9.96. The SMILES string of the molecule is Cc1cc2nc(CC(=O)c3ccc(C(C)(C)O)cc3)cc(N3CCC(N)CC3)n2n1.Cc1cc2nc(CC(=O)c3ccc(C(C)(C)O)cc3)cc(N3CCC(NC(=O)OC(C)(C)C)CC3)n2n1. The van der Waals surface area contributed by atoms with E-state index in [-0.39, 0.29) is 36.5 Å². The molecule has 0 spiro atoms. The van der Waals surface area contributed by atoms with E-state index < -0.39 is 22.9 Å². The molecule has 2 aliphatic heterocycles. The van der Waals surface area contributed by atoms with Crippen LogP contribution in [-0.2, 0) is 28.8 Å². The molecular formula is C51H66N10O6. The third kappa shape index (κ3) is 12.4. The van der Waals surface area contributed by atoms with E-state index in [9.17, 15) is 24.6 Å². The summed E-state index contributed by atoms with van der Waals surface area (Å²) in [6, 6.07) is 22.2. The molecule has 0 unspecified atom stereocenters. The number of aromatic nitrogens is 6. The molecule has 2 saturated heterocycles. The third-order valence-corrected chi connectivity index (χ3v) is 12.1. The van der Waals surface area contributed by atoms with Crippen molar-refractivity contribution in [3.63, 3.8) is 0 Å². The molecule has 16 heteroatoms. The first-order valence-electron chi connectivity index (χ1n) is 23.2. The van der Waals surface area contributed by atoms with E-state index in [0.717, 1.165) is 97.4 Å². The number of hydrogen-bond donors (Lipinski definition) is 4. The summed E-state index contributed by atoms with van der Waals surface area (Å²) < 4.78 is 9.08. The number of nitrogens with zero attached hydrogens (tertiary/aromatic N) is 8.